The van der Waals surface area contributed by atoms with Crippen LogP contribution in [0.15, 0.2) is 23.0 Å². The number of carbonyl (C=O) groups excluding carboxylic acids is 1. The minimum Gasteiger partial charge on any atom is -0.354 e. The average molecular weight is 361 g/mol. The van der Waals surface area contributed by atoms with Crippen LogP contribution in [0.4, 0.5) is 8.78 Å². The monoisotopic (exact) mass is 361 g/mol. The standard InChI is InChI=1S/C17H17F2N5O2/c18-13-2-9-1-10(17(26)24-15(9)4-14(13)19)3-16(25)23-8-12-7-21-11(5-20)6-22-12/h1-2,4,11-12,21-22H,3,6-8H2,(H,23,25)(H,24,26). The summed E-state index contributed by atoms with van der Waals surface area (Å²) in [7, 11) is 0. The van der Waals surface area contributed by atoms with Gasteiger partial charge in [-0.2, -0.15) is 5.26 Å². The molecule has 2 atom stereocenters. The molecule has 1 aliphatic rings. The van der Waals surface area contributed by atoms with Crippen LogP contribution in [0.1, 0.15) is 5.56 Å². The Morgan fingerprint density at radius 1 is 1.23 bits per heavy atom. The predicted octanol–water partition coefficient (Wildman–Crippen LogP) is -0.0814. The Bertz CT molecular complexity index is 929. The number of amides is 1. The van der Waals surface area contributed by atoms with Gasteiger partial charge in [0, 0.05) is 42.7 Å². The van der Waals surface area contributed by atoms with Gasteiger partial charge in [0.15, 0.2) is 11.6 Å². The van der Waals surface area contributed by atoms with E-state index >= 15 is 0 Å². The Labute approximate surface area is 147 Å². The molecule has 2 unspecified atom stereocenters. The lowest BCUT2D eigenvalue weighted by Gasteiger charge is -2.27. The quantitative estimate of drug-likeness (QED) is 0.609. The van der Waals surface area contributed by atoms with Gasteiger partial charge in [-0.25, -0.2) is 8.78 Å². The number of carbonyl (C=O) groups is 1. The second-order valence-electron chi connectivity index (χ2n) is 6.15. The van der Waals surface area contributed by atoms with E-state index in [9.17, 15) is 18.4 Å². The summed E-state index contributed by atoms with van der Waals surface area (Å²) in [5, 5.41) is 18.0. The van der Waals surface area contributed by atoms with Crippen molar-refractivity contribution in [2.24, 2.45) is 0 Å². The summed E-state index contributed by atoms with van der Waals surface area (Å²) in [5.41, 5.74) is -0.184. The van der Waals surface area contributed by atoms with Gasteiger partial charge in [0.2, 0.25) is 5.91 Å². The normalized spacial score (nSPS) is 19.9. The second kappa shape index (κ2) is 7.59. The number of hydrogen-bond donors (Lipinski definition) is 4. The molecule has 1 aromatic heterocycles. The predicted molar refractivity (Wildman–Crippen MR) is 90.4 cm³/mol. The Morgan fingerprint density at radius 2 is 2.00 bits per heavy atom. The summed E-state index contributed by atoms with van der Waals surface area (Å²) in [6, 6.07) is 5.11. The number of halogens is 2. The Morgan fingerprint density at radius 3 is 2.69 bits per heavy atom. The van der Waals surface area contributed by atoms with Crippen molar-refractivity contribution in [2.45, 2.75) is 18.5 Å². The van der Waals surface area contributed by atoms with Crippen molar-refractivity contribution >= 4 is 16.8 Å². The Kier molecular flexibility index (Phi) is 5.25. The van der Waals surface area contributed by atoms with Crippen LogP contribution in [0.5, 0.6) is 0 Å². The number of hydrogen-bond acceptors (Lipinski definition) is 5. The molecule has 2 heterocycles. The molecule has 4 N–H and O–H groups in total. The molecular formula is C17H17F2N5O2. The van der Waals surface area contributed by atoms with Crippen molar-refractivity contribution in [1.29, 1.82) is 5.26 Å². The SMILES string of the molecule is N#CC1CNC(CNC(=O)Cc2cc3cc(F)c(F)cc3[nH]c2=O)CN1. The third-order valence-corrected chi connectivity index (χ3v) is 4.24. The fraction of sp³-hybridized carbons (Fsp3) is 0.353. The number of nitrogens with zero attached hydrogens (tertiary/aromatic N) is 1. The molecule has 0 bridgehead atoms. The lowest BCUT2D eigenvalue weighted by Crippen LogP contribution is -2.57. The van der Waals surface area contributed by atoms with Gasteiger partial charge in [-0.1, -0.05) is 0 Å². The first-order valence-electron chi connectivity index (χ1n) is 8.10. The molecule has 1 fully saturated rings. The van der Waals surface area contributed by atoms with Crippen LogP contribution in [-0.4, -0.2) is 42.6 Å². The third-order valence-electron chi connectivity index (χ3n) is 4.24. The molecule has 0 radical (unpaired) electrons. The highest BCUT2D eigenvalue weighted by molar-refractivity contribution is 5.82. The van der Waals surface area contributed by atoms with Crippen molar-refractivity contribution in [3.63, 3.8) is 0 Å². The topological polar surface area (TPSA) is 110 Å². The number of aromatic amines is 1. The van der Waals surface area contributed by atoms with Gasteiger partial charge < -0.3 is 15.6 Å². The molecule has 26 heavy (non-hydrogen) atoms. The fourth-order valence-corrected chi connectivity index (χ4v) is 2.80. The minimum atomic E-state index is -1.05. The molecule has 0 spiro atoms. The van der Waals surface area contributed by atoms with Gasteiger partial charge in [-0.3, -0.25) is 14.9 Å². The maximum Gasteiger partial charge on any atom is 0.252 e. The van der Waals surface area contributed by atoms with Gasteiger partial charge >= 0.3 is 0 Å². The highest BCUT2D eigenvalue weighted by Crippen LogP contribution is 2.16. The molecule has 1 amide bonds. The van der Waals surface area contributed by atoms with Gasteiger partial charge in [-0.15, -0.1) is 0 Å². The van der Waals surface area contributed by atoms with Crippen LogP contribution < -0.4 is 21.5 Å². The van der Waals surface area contributed by atoms with Crippen molar-refractivity contribution in [3.05, 3.63) is 45.8 Å². The molecule has 7 nitrogen and oxygen atoms in total. The van der Waals surface area contributed by atoms with Gasteiger partial charge in [0.25, 0.3) is 5.56 Å². The maximum atomic E-state index is 13.3. The summed E-state index contributed by atoms with van der Waals surface area (Å²) >= 11 is 0. The average Bonchev–Trinajstić information content (AvgIpc) is 2.63. The molecule has 1 saturated heterocycles. The molecule has 0 saturated carbocycles. The first-order valence-corrected chi connectivity index (χ1v) is 8.10. The smallest absolute Gasteiger partial charge is 0.252 e. The zero-order valence-electron chi connectivity index (χ0n) is 13.7. The van der Waals surface area contributed by atoms with E-state index in [-0.39, 0.29) is 35.5 Å². The Balaban J connectivity index is 1.62. The summed E-state index contributed by atoms with van der Waals surface area (Å²) in [6.45, 7) is 1.37. The first-order chi connectivity index (χ1) is 12.5. The number of H-pyrrole nitrogens is 1. The van der Waals surface area contributed by atoms with E-state index in [1.165, 1.54) is 6.07 Å². The minimum absolute atomic E-state index is 0.0180. The molecule has 1 aromatic carbocycles. The van der Waals surface area contributed by atoms with E-state index in [0.717, 1.165) is 12.1 Å². The number of pyridine rings is 1. The second-order valence-corrected chi connectivity index (χ2v) is 6.15. The van der Waals surface area contributed by atoms with Crippen LogP contribution in [0, 0.1) is 23.0 Å². The lowest BCUT2D eigenvalue weighted by molar-refractivity contribution is -0.120. The number of benzene rings is 1. The van der Waals surface area contributed by atoms with Gasteiger partial charge in [0.1, 0.15) is 6.04 Å². The van der Waals surface area contributed by atoms with E-state index in [2.05, 4.69) is 27.0 Å². The van der Waals surface area contributed by atoms with Crippen LogP contribution >= 0.6 is 0 Å². The number of aromatic nitrogens is 1. The largest absolute Gasteiger partial charge is 0.354 e. The number of piperazine rings is 1. The summed E-state index contributed by atoms with van der Waals surface area (Å²) in [5.74, 6) is -2.43. The first kappa shape index (κ1) is 18.0. The molecular weight excluding hydrogens is 344 g/mol. The van der Waals surface area contributed by atoms with Gasteiger partial charge in [0.05, 0.1) is 18.0 Å². The van der Waals surface area contributed by atoms with E-state index in [4.69, 9.17) is 5.26 Å². The van der Waals surface area contributed by atoms with Gasteiger partial charge in [-0.05, 0) is 12.1 Å². The maximum absolute atomic E-state index is 13.3. The summed E-state index contributed by atoms with van der Waals surface area (Å²) < 4.78 is 26.6. The van der Waals surface area contributed by atoms with E-state index < -0.39 is 17.2 Å². The molecule has 1 aliphatic heterocycles. The fourth-order valence-electron chi connectivity index (χ4n) is 2.80. The van der Waals surface area contributed by atoms with Crippen molar-refractivity contribution in [2.75, 3.05) is 19.6 Å². The van der Waals surface area contributed by atoms with Crippen LogP contribution in [-0.2, 0) is 11.2 Å². The highest BCUT2D eigenvalue weighted by atomic mass is 19.2. The third kappa shape index (κ3) is 4.04. The van der Waals surface area contributed by atoms with E-state index in [0.29, 0.717) is 25.0 Å². The number of rotatable bonds is 4. The van der Waals surface area contributed by atoms with Crippen molar-refractivity contribution < 1.29 is 13.6 Å². The summed E-state index contributed by atoms with van der Waals surface area (Å²) in [6.07, 6.45) is -0.175. The van der Waals surface area contributed by atoms with Crippen molar-refractivity contribution in [3.8, 4) is 6.07 Å². The molecule has 136 valence electrons. The molecule has 3 rings (SSSR count). The van der Waals surface area contributed by atoms with Crippen LogP contribution in [0.3, 0.4) is 0 Å². The number of nitrogens with one attached hydrogen (secondary N) is 4. The van der Waals surface area contributed by atoms with E-state index in [1.807, 2.05) is 0 Å². The molecule has 2 aromatic rings. The van der Waals surface area contributed by atoms with Crippen molar-refractivity contribution in [1.82, 2.24) is 20.9 Å². The number of fused-ring (bicyclic) bond motifs is 1. The zero-order chi connectivity index (χ0) is 18.7. The molecule has 9 heteroatoms. The Hall–Kier alpha value is -2.83. The van der Waals surface area contributed by atoms with E-state index in [1.54, 1.807) is 0 Å². The summed E-state index contributed by atoms with van der Waals surface area (Å²) in [4.78, 5) is 26.6. The highest BCUT2D eigenvalue weighted by Gasteiger charge is 2.20. The van der Waals surface area contributed by atoms with Crippen LogP contribution in [0.25, 0.3) is 10.9 Å². The van der Waals surface area contributed by atoms with Crippen LogP contribution in [0.2, 0.25) is 0 Å². The number of nitriles is 1. The molecule has 0 aliphatic carbocycles. The lowest BCUT2D eigenvalue weighted by atomic mass is 10.1. The zero-order valence-corrected chi connectivity index (χ0v) is 13.7.